The van der Waals surface area contributed by atoms with Crippen molar-refractivity contribution >= 4 is 17.4 Å². The molecule has 1 N–H and O–H groups in total. The van der Waals surface area contributed by atoms with Crippen LogP contribution in [0.5, 0.6) is 0 Å². The van der Waals surface area contributed by atoms with Crippen LogP contribution in [0.1, 0.15) is 27.5 Å². The Balaban J connectivity index is 1.22. The lowest BCUT2D eigenvalue weighted by Crippen LogP contribution is -2.50. The fraction of sp³-hybridized carbons (Fsp3) is 0.333. The highest BCUT2D eigenvalue weighted by molar-refractivity contribution is 6.02. The number of anilines is 1. The van der Waals surface area contributed by atoms with E-state index in [1.165, 1.54) is 10.1 Å². The van der Waals surface area contributed by atoms with Crippen LogP contribution in [0.2, 0.25) is 0 Å². The highest BCUT2D eigenvalue weighted by Gasteiger charge is 2.29. The van der Waals surface area contributed by atoms with E-state index in [1.54, 1.807) is 25.1 Å². The van der Waals surface area contributed by atoms with E-state index < -0.39 is 0 Å². The zero-order chi connectivity index (χ0) is 21.7. The lowest BCUT2D eigenvalue weighted by molar-refractivity contribution is -0.0696. The zero-order valence-electron chi connectivity index (χ0n) is 17.4. The number of amides is 1. The summed E-state index contributed by atoms with van der Waals surface area (Å²) in [5, 5.41) is 19.4. The molecule has 0 bridgehead atoms. The smallest absolute Gasteiger partial charge is 0.277 e. The van der Waals surface area contributed by atoms with Crippen LogP contribution in [0.25, 0.3) is 17.2 Å². The summed E-state index contributed by atoms with van der Waals surface area (Å²) in [7, 11) is 0. The van der Waals surface area contributed by atoms with Crippen molar-refractivity contribution in [2.24, 2.45) is 0 Å². The van der Waals surface area contributed by atoms with Gasteiger partial charge in [-0.15, -0.1) is 10.2 Å². The Morgan fingerprint density at radius 1 is 1.19 bits per heavy atom. The maximum atomic E-state index is 12.9. The number of hydrogen-bond acceptors (Lipinski definition) is 9. The van der Waals surface area contributed by atoms with Crippen molar-refractivity contribution in [1.29, 1.82) is 0 Å². The number of nitrogens with one attached hydrogen (secondary N) is 1. The molecule has 0 atom stereocenters. The van der Waals surface area contributed by atoms with Gasteiger partial charge in [-0.05, 0) is 30.7 Å². The van der Waals surface area contributed by atoms with E-state index in [0.717, 1.165) is 38.4 Å². The number of fused-ring (bicyclic) bond motifs is 2. The molecule has 4 aromatic rings. The third-order valence-corrected chi connectivity index (χ3v) is 5.81. The number of pyridine rings is 1. The number of carbonyl (C=O) groups is 1. The molecule has 1 saturated heterocycles. The summed E-state index contributed by atoms with van der Waals surface area (Å²) in [6.07, 6.45) is 0.848. The van der Waals surface area contributed by atoms with E-state index in [0.29, 0.717) is 34.8 Å². The van der Waals surface area contributed by atoms with Crippen molar-refractivity contribution in [3.8, 4) is 11.5 Å². The van der Waals surface area contributed by atoms with Gasteiger partial charge < -0.3 is 14.6 Å². The first-order chi connectivity index (χ1) is 15.6. The highest BCUT2D eigenvalue weighted by atomic mass is 16.5. The maximum absolute atomic E-state index is 12.9. The molecule has 0 radical (unpaired) electrons. The molecule has 0 saturated carbocycles. The van der Waals surface area contributed by atoms with Crippen LogP contribution in [0, 0.1) is 6.92 Å². The number of rotatable bonds is 4. The van der Waals surface area contributed by atoms with Crippen LogP contribution >= 0.6 is 0 Å². The topological polar surface area (TPSA) is 124 Å². The Morgan fingerprint density at radius 2 is 2.09 bits per heavy atom. The summed E-state index contributed by atoms with van der Waals surface area (Å²) in [5.74, 6) is 1.19. The average molecular weight is 432 g/mol. The summed E-state index contributed by atoms with van der Waals surface area (Å²) >= 11 is 0. The van der Waals surface area contributed by atoms with Gasteiger partial charge in [-0.2, -0.15) is 9.61 Å². The highest BCUT2D eigenvalue weighted by Crippen LogP contribution is 2.23. The molecule has 0 unspecified atom stereocenters. The minimum Gasteiger partial charge on any atom is -0.378 e. The fourth-order valence-electron chi connectivity index (χ4n) is 3.98. The van der Waals surface area contributed by atoms with Gasteiger partial charge in [0.25, 0.3) is 5.91 Å². The van der Waals surface area contributed by atoms with Gasteiger partial charge in [-0.25, -0.2) is 4.98 Å². The second kappa shape index (κ2) is 7.46. The first-order valence-corrected chi connectivity index (χ1v) is 10.4. The fourth-order valence-corrected chi connectivity index (χ4v) is 3.98. The molecule has 11 nitrogen and oxygen atoms in total. The van der Waals surface area contributed by atoms with Gasteiger partial charge in [-0.1, -0.05) is 11.2 Å². The van der Waals surface area contributed by atoms with E-state index in [4.69, 9.17) is 9.26 Å². The predicted molar refractivity (Wildman–Crippen MR) is 112 cm³/mol. The lowest BCUT2D eigenvalue weighted by Gasteiger charge is -2.39. The molecule has 6 rings (SSSR count). The van der Waals surface area contributed by atoms with Gasteiger partial charge in [0, 0.05) is 31.3 Å². The van der Waals surface area contributed by atoms with E-state index in [2.05, 4.69) is 35.7 Å². The first-order valence-electron chi connectivity index (χ1n) is 10.4. The maximum Gasteiger partial charge on any atom is 0.277 e. The second-order valence-electron chi connectivity index (χ2n) is 8.00. The molecule has 0 aromatic carbocycles. The van der Waals surface area contributed by atoms with Crippen LogP contribution in [-0.4, -0.2) is 66.6 Å². The molecule has 32 heavy (non-hydrogen) atoms. The van der Waals surface area contributed by atoms with Gasteiger partial charge >= 0.3 is 0 Å². The van der Waals surface area contributed by atoms with Gasteiger partial charge in [-0.3, -0.25) is 9.69 Å². The SMILES string of the molecule is Cc1cc(-c2nnc3ccc(C(=O)Nc4ccc5c(n4)CCN(C4COC4)C5)nn23)no1. The molecule has 1 fully saturated rings. The molecule has 2 aliphatic heterocycles. The Kier molecular flexibility index (Phi) is 4.44. The van der Waals surface area contributed by atoms with Crippen LogP contribution < -0.4 is 5.32 Å². The number of carbonyl (C=O) groups excluding carboxylic acids is 1. The van der Waals surface area contributed by atoms with E-state index in [9.17, 15) is 4.79 Å². The molecule has 0 spiro atoms. The van der Waals surface area contributed by atoms with Crippen molar-refractivity contribution in [3.05, 3.63) is 53.0 Å². The lowest BCUT2D eigenvalue weighted by atomic mass is 10.0. The predicted octanol–water partition coefficient (Wildman–Crippen LogP) is 1.49. The molecule has 4 aromatic heterocycles. The third kappa shape index (κ3) is 3.31. The van der Waals surface area contributed by atoms with Gasteiger partial charge in [0.15, 0.2) is 11.3 Å². The summed E-state index contributed by atoms with van der Waals surface area (Å²) in [4.78, 5) is 20.0. The number of ether oxygens (including phenoxy) is 1. The van der Waals surface area contributed by atoms with Crippen molar-refractivity contribution in [2.75, 3.05) is 25.1 Å². The van der Waals surface area contributed by atoms with Crippen molar-refractivity contribution in [1.82, 2.24) is 34.9 Å². The quantitative estimate of drug-likeness (QED) is 0.511. The van der Waals surface area contributed by atoms with Crippen LogP contribution in [0.4, 0.5) is 5.82 Å². The van der Waals surface area contributed by atoms with Gasteiger partial charge in [0.2, 0.25) is 5.82 Å². The van der Waals surface area contributed by atoms with Crippen molar-refractivity contribution < 1.29 is 14.1 Å². The van der Waals surface area contributed by atoms with E-state index in [-0.39, 0.29) is 11.6 Å². The van der Waals surface area contributed by atoms with Crippen molar-refractivity contribution in [3.63, 3.8) is 0 Å². The van der Waals surface area contributed by atoms with E-state index >= 15 is 0 Å². The van der Waals surface area contributed by atoms with Crippen LogP contribution in [-0.2, 0) is 17.7 Å². The van der Waals surface area contributed by atoms with Crippen LogP contribution in [0.15, 0.2) is 34.9 Å². The summed E-state index contributed by atoms with van der Waals surface area (Å²) in [6.45, 7) is 5.20. The molecule has 162 valence electrons. The average Bonchev–Trinajstić information content (AvgIpc) is 3.38. The number of aromatic nitrogens is 6. The Morgan fingerprint density at radius 3 is 2.88 bits per heavy atom. The minimum atomic E-state index is -0.362. The first kappa shape index (κ1) is 19.0. The Bertz CT molecular complexity index is 1330. The molecule has 11 heteroatoms. The van der Waals surface area contributed by atoms with Gasteiger partial charge in [0.1, 0.15) is 17.3 Å². The number of nitrogens with zero attached hydrogens (tertiary/aromatic N) is 7. The molecular weight excluding hydrogens is 412 g/mol. The summed E-state index contributed by atoms with van der Waals surface area (Å²) in [5.41, 5.74) is 3.43. The Labute approximate surface area is 182 Å². The second-order valence-corrected chi connectivity index (χ2v) is 8.00. The van der Waals surface area contributed by atoms with Crippen LogP contribution in [0.3, 0.4) is 0 Å². The summed E-state index contributed by atoms with van der Waals surface area (Å²) in [6, 6.07) is 9.40. The minimum absolute atomic E-state index is 0.217. The van der Waals surface area contributed by atoms with Crippen molar-refractivity contribution in [2.45, 2.75) is 25.9 Å². The Hall–Kier alpha value is -3.70. The zero-order valence-corrected chi connectivity index (χ0v) is 17.4. The molecule has 2 aliphatic rings. The number of hydrogen-bond donors (Lipinski definition) is 1. The summed E-state index contributed by atoms with van der Waals surface area (Å²) < 4.78 is 11.9. The van der Waals surface area contributed by atoms with E-state index in [1.807, 2.05) is 12.1 Å². The monoisotopic (exact) mass is 432 g/mol. The number of aryl methyl sites for hydroxylation is 1. The molecular formula is C21H20N8O3. The molecule has 6 heterocycles. The normalized spacial score (nSPS) is 16.7. The largest absolute Gasteiger partial charge is 0.378 e. The van der Waals surface area contributed by atoms with Gasteiger partial charge in [0.05, 0.1) is 19.3 Å². The third-order valence-electron chi connectivity index (χ3n) is 5.81. The standard InChI is InChI=1S/C21H20N8O3/c1-12-8-17(27-32-12)20-25-24-19-5-3-16(26-29(19)20)21(30)23-18-4-2-13-9-28(14-10-31-11-14)7-6-15(13)22-18/h2-5,8,14H,6-7,9-11H2,1H3,(H,22,23,30). The molecule has 0 aliphatic carbocycles. The molecule has 1 amide bonds.